The summed E-state index contributed by atoms with van der Waals surface area (Å²) in [5.41, 5.74) is 6.80. The monoisotopic (exact) mass is 254 g/mol. The van der Waals surface area contributed by atoms with Crippen molar-refractivity contribution in [1.82, 2.24) is 4.90 Å². The number of hydrogen-bond donors (Lipinski definition) is 1. The summed E-state index contributed by atoms with van der Waals surface area (Å²) in [6, 6.07) is 0. The summed E-state index contributed by atoms with van der Waals surface area (Å²) in [4.78, 5) is 2.65. The van der Waals surface area contributed by atoms with Crippen molar-refractivity contribution in [3.63, 3.8) is 0 Å². The molecule has 0 aromatic carbocycles. The van der Waals surface area contributed by atoms with Gasteiger partial charge >= 0.3 is 0 Å². The number of nitrogens with zero attached hydrogens (tertiary/aromatic N) is 1. The third kappa shape index (κ3) is 4.55. The predicted molar refractivity (Wildman–Crippen MR) is 80.8 cm³/mol. The molecular weight excluding hydrogens is 220 g/mol. The van der Waals surface area contributed by atoms with Gasteiger partial charge in [0.1, 0.15) is 0 Å². The smallest absolute Gasteiger partial charge is 0.0303 e. The zero-order chi connectivity index (χ0) is 13.6. The van der Waals surface area contributed by atoms with Crippen molar-refractivity contribution in [3.05, 3.63) is 0 Å². The maximum absolute atomic E-state index is 6.07. The van der Waals surface area contributed by atoms with Crippen molar-refractivity contribution in [2.75, 3.05) is 19.6 Å². The quantitative estimate of drug-likeness (QED) is 0.668. The highest BCUT2D eigenvalue weighted by Gasteiger charge is 2.38. The summed E-state index contributed by atoms with van der Waals surface area (Å²) in [6.07, 6.45) is 9.40. The van der Waals surface area contributed by atoms with Crippen LogP contribution in [0.25, 0.3) is 0 Å². The molecule has 1 rings (SSSR count). The second-order valence-electron chi connectivity index (χ2n) is 7.20. The Labute approximate surface area is 114 Å². The Morgan fingerprint density at radius 3 is 2.33 bits per heavy atom. The number of rotatable bonds is 8. The SMILES string of the molecule is CCCCCCCC(C)(CN)N1CCC(C)(C)C1. The van der Waals surface area contributed by atoms with Gasteiger partial charge in [-0.25, -0.2) is 0 Å². The average Bonchev–Trinajstić information content (AvgIpc) is 2.70. The molecule has 0 aliphatic carbocycles. The lowest BCUT2D eigenvalue weighted by atomic mass is 9.90. The highest BCUT2D eigenvalue weighted by atomic mass is 15.2. The molecule has 1 atom stereocenters. The Hall–Kier alpha value is -0.0800. The van der Waals surface area contributed by atoms with Crippen LogP contribution in [0.1, 0.15) is 72.6 Å². The van der Waals surface area contributed by atoms with E-state index in [9.17, 15) is 0 Å². The number of hydrogen-bond acceptors (Lipinski definition) is 2. The topological polar surface area (TPSA) is 29.3 Å². The first-order valence-corrected chi connectivity index (χ1v) is 7.89. The van der Waals surface area contributed by atoms with Gasteiger partial charge < -0.3 is 5.73 Å². The predicted octanol–water partition coefficient (Wildman–Crippen LogP) is 3.80. The van der Waals surface area contributed by atoms with E-state index in [0.717, 1.165) is 6.54 Å². The van der Waals surface area contributed by atoms with Crippen LogP contribution in [0.2, 0.25) is 0 Å². The normalized spacial score (nSPS) is 23.2. The summed E-state index contributed by atoms with van der Waals surface area (Å²) in [6.45, 7) is 12.7. The van der Waals surface area contributed by atoms with Crippen molar-refractivity contribution < 1.29 is 0 Å². The maximum Gasteiger partial charge on any atom is 0.0303 e. The molecule has 1 saturated heterocycles. The van der Waals surface area contributed by atoms with Crippen LogP contribution in [0, 0.1) is 5.41 Å². The molecule has 1 aliphatic rings. The van der Waals surface area contributed by atoms with Gasteiger partial charge in [0.05, 0.1) is 0 Å². The van der Waals surface area contributed by atoms with Crippen molar-refractivity contribution >= 4 is 0 Å². The lowest BCUT2D eigenvalue weighted by molar-refractivity contribution is 0.115. The summed E-state index contributed by atoms with van der Waals surface area (Å²) >= 11 is 0. The van der Waals surface area contributed by atoms with Gasteiger partial charge in [-0.2, -0.15) is 0 Å². The molecule has 0 aromatic heterocycles. The Morgan fingerprint density at radius 1 is 1.17 bits per heavy atom. The van der Waals surface area contributed by atoms with E-state index in [1.807, 2.05) is 0 Å². The van der Waals surface area contributed by atoms with Gasteiger partial charge in [0.25, 0.3) is 0 Å². The van der Waals surface area contributed by atoms with Gasteiger partial charge in [-0.05, 0) is 31.7 Å². The van der Waals surface area contributed by atoms with Crippen LogP contribution in [0.3, 0.4) is 0 Å². The lowest BCUT2D eigenvalue weighted by Crippen LogP contribution is -2.51. The zero-order valence-corrected chi connectivity index (χ0v) is 13.1. The fraction of sp³-hybridized carbons (Fsp3) is 1.00. The third-order valence-corrected chi connectivity index (χ3v) is 4.70. The molecule has 0 aromatic rings. The van der Waals surface area contributed by atoms with Crippen LogP contribution in [0.15, 0.2) is 0 Å². The second kappa shape index (κ2) is 6.91. The van der Waals surface area contributed by atoms with E-state index in [1.165, 1.54) is 58.0 Å². The van der Waals surface area contributed by atoms with E-state index in [0.29, 0.717) is 5.41 Å². The first kappa shape index (κ1) is 16.0. The molecule has 1 heterocycles. The molecule has 0 radical (unpaired) electrons. The molecule has 108 valence electrons. The van der Waals surface area contributed by atoms with Gasteiger partial charge in [0.2, 0.25) is 0 Å². The van der Waals surface area contributed by atoms with E-state index in [-0.39, 0.29) is 5.54 Å². The fourth-order valence-corrected chi connectivity index (χ4v) is 3.07. The summed E-state index contributed by atoms with van der Waals surface area (Å²) in [5, 5.41) is 0. The van der Waals surface area contributed by atoms with Crippen molar-refractivity contribution in [3.8, 4) is 0 Å². The molecular formula is C16H34N2. The Bertz CT molecular complexity index is 237. The van der Waals surface area contributed by atoms with Crippen molar-refractivity contribution in [1.29, 1.82) is 0 Å². The summed E-state index contributed by atoms with van der Waals surface area (Å²) in [5.74, 6) is 0. The van der Waals surface area contributed by atoms with Gasteiger partial charge in [-0.1, -0.05) is 52.9 Å². The number of nitrogens with two attached hydrogens (primary N) is 1. The molecule has 0 saturated carbocycles. The molecule has 18 heavy (non-hydrogen) atoms. The Kier molecular flexibility index (Phi) is 6.13. The molecule has 2 heteroatoms. The van der Waals surface area contributed by atoms with Crippen LogP contribution in [0.5, 0.6) is 0 Å². The first-order chi connectivity index (χ1) is 8.43. The lowest BCUT2D eigenvalue weighted by Gasteiger charge is -2.39. The van der Waals surface area contributed by atoms with E-state index < -0.39 is 0 Å². The van der Waals surface area contributed by atoms with E-state index in [4.69, 9.17) is 5.73 Å². The van der Waals surface area contributed by atoms with Crippen LogP contribution >= 0.6 is 0 Å². The number of unbranched alkanes of at least 4 members (excludes halogenated alkanes) is 4. The molecule has 0 amide bonds. The van der Waals surface area contributed by atoms with E-state index in [1.54, 1.807) is 0 Å². The van der Waals surface area contributed by atoms with E-state index >= 15 is 0 Å². The van der Waals surface area contributed by atoms with Crippen LogP contribution < -0.4 is 5.73 Å². The Balaban J connectivity index is 2.37. The molecule has 2 nitrogen and oxygen atoms in total. The largest absolute Gasteiger partial charge is 0.329 e. The van der Waals surface area contributed by atoms with Crippen molar-refractivity contribution in [2.45, 2.75) is 78.2 Å². The van der Waals surface area contributed by atoms with Gasteiger partial charge in [0.15, 0.2) is 0 Å². The molecule has 1 unspecified atom stereocenters. The molecule has 0 bridgehead atoms. The molecule has 1 aliphatic heterocycles. The maximum atomic E-state index is 6.07. The van der Waals surface area contributed by atoms with Gasteiger partial charge in [-0.3, -0.25) is 4.90 Å². The van der Waals surface area contributed by atoms with Crippen LogP contribution in [0.4, 0.5) is 0 Å². The van der Waals surface area contributed by atoms with Gasteiger partial charge in [0, 0.05) is 18.6 Å². The van der Waals surface area contributed by atoms with Crippen molar-refractivity contribution in [2.24, 2.45) is 11.1 Å². The molecule has 2 N–H and O–H groups in total. The zero-order valence-electron chi connectivity index (χ0n) is 13.1. The second-order valence-corrected chi connectivity index (χ2v) is 7.20. The minimum atomic E-state index is 0.236. The Morgan fingerprint density at radius 2 is 1.83 bits per heavy atom. The highest BCUT2D eigenvalue weighted by molar-refractivity contribution is 4.94. The minimum Gasteiger partial charge on any atom is -0.329 e. The molecule has 1 fully saturated rings. The number of likely N-dealkylation sites (tertiary alicyclic amines) is 1. The highest BCUT2D eigenvalue weighted by Crippen LogP contribution is 2.35. The standard InChI is InChI=1S/C16H34N2/c1-5-6-7-8-9-10-16(4,13-17)18-12-11-15(2,3)14-18/h5-14,17H2,1-4H3. The summed E-state index contributed by atoms with van der Waals surface area (Å²) < 4.78 is 0. The van der Waals surface area contributed by atoms with E-state index in [2.05, 4.69) is 32.6 Å². The first-order valence-electron chi connectivity index (χ1n) is 7.89. The third-order valence-electron chi connectivity index (χ3n) is 4.70. The van der Waals surface area contributed by atoms with Crippen LogP contribution in [-0.4, -0.2) is 30.1 Å². The average molecular weight is 254 g/mol. The fourth-order valence-electron chi connectivity index (χ4n) is 3.07. The summed E-state index contributed by atoms with van der Waals surface area (Å²) in [7, 11) is 0. The van der Waals surface area contributed by atoms with Gasteiger partial charge in [-0.15, -0.1) is 0 Å². The van der Waals surface area contributed by atoms with Crippen LogP contribution in [-0.2, 0) is 0 Å². The minimum absolute atomic E-state index is 0.236. The molecule has 0 spiro atoms.